The lowest BCUT2D eigenvalue weighted by Gasteiger charge is -2.46. The molecular weight excluding hydrogens is 394 g/mol. The maximum absolute atomic E-state index is 13.2. The molecule has 1 amide bonds. The fourth-order valence-electron chi connectivity index (χ4n) is 4.99. The van der Waals surface area contributed by atoms with E-state index in [2.05, 4.69) is 106 Å². The van der Waals surface area contributed by atoms with Gasteiger partial charge in [-0.3, -0.25) is 14.6 Å². The molecule has 0 spiro atoms. The van der Waals surface area contributed by atoms with Crippen molar-refractivity contribution < 1.29 is 4.79 Å². The van der Waals surface area contributed by atoms with Crippen LogP contribution in [0.4, 0.5) is 0 Å². The Kier molecular flexibility index (Phi) is 6.33. The van der Waals surface area contributed by atoms with Crippen molar-refractivity contribution in [2.45, 2.75) is 12.6 Å². The van der Waals surface area contributed by atoms with Crippen molar-refractivity contribution in [1.82, 2.24) is 14.7 Å². The summed E-state index contributed by atoms with van der Waals surface area (Å²) in [4.78, 5) is 20.1. The van der Waals surface area contributed by atoms with Crippen LogP contribution in [-0.4, -0.2) is 59.9 Å². The molecule has 32 heavy (non-hydrogen) atoms. The maximum Gasteiger partial charge on any atom is 0.228 e. The summed E-state index contributed by atoms with van der Waals surface area (Å²) in [6.45, 7) is 6.21. The molecule has 0 bridgehead atoms. The molecule has 0 aromatic heterocycles. The Balaban J connectivity index is 1.17. The van der Waals surface area contributed by atoms with Gasteiger partial charge >= 0.3 is 0 Å². The Hall–Kier alpha value is -2.95. The molecule has 2 saturated heterocycles. The van der Waals surface area contributed by atoms with E-state index in [-0.39, 0.29) is 12.0 Å². The van der Waals surface area contributed by atoms with Gasteiger partial charge in [-0.15, -0.1) is 0 Å². The molecule has 164 valence electrons. The second kappa shape index (κ2) is 9.68. The van der Waals surface area contributed by atoms with Gasteiger partial charge in [0.15, 0.2) is 0 Å². The lowest BCUT2D eigenvalue weighted by molar-refractivity contribution is -0.143. The SMILES string of the molecule is O=C(C1CN(C(c2ccccc2)c2ccccc2)C1)N1CCN(Cc2ccccc2)CC1. The van der Waals surface area contributed by atoms with Crippen LogP contribution in [0, 0.1) is 5.92 Å². The smallest absolute Gasteiger partial charge is 0.228 e. The predicted molar refractivity (Wildman–Crippen MR) is 128 cm³/mol. The van der Waals surface area contributed by atoms with Crippen LogP contribution in [0.3, 0.4) is 0 Å². The van der Waals surface area contributed by atoms with E-state index in [4.69, 9.17) is 0 Å². The minimum Gasteiger partial charge on any atom is -0.340 e. The zero-order valence-electron chi connectivity index (χ0n) is 18.5. The predicted octanol–water partition coefficient (Wildman–Crippen LogP) is 4.05. The molecule has 4 heteroatoms. The Morgan fingerprint density at radius 3 is 1.75 bits per heavy atom. The van der Waals surface area contributed by atoms with Gasteiger partial charge in [0.25, 0.3) is 0 Å². The van der Waals surface area contributed by atoms with Crippen LogP contribution in [0.5, 0.6) is 0 Å². The normalized spacial score (nSPS) is 18.0. The molecule has 4 nitrogen and oxygen atoms in total. The van der Waals surface area contributed by atoms with E-state index in [9.17, 15) is 4.79 Å². The van der Waals surface area contributed by atoms with E-state index >= 15 is 0 Å². The molecule has 3 aromatic rings. The average molecular weight is 426 g/mol. The molecule has 0 saturated carbocycles. The number of likely N-dealkylation sites (tertiary alicyclic amines) is 1. The molecule has 2 aliphatic rings. The van der Waals surface area contributed by atoms with E-state index in [1.54, 1.807) is 0 Å². The van der Waals surface area contributed by atoms with Gasteiger partial charge in [-0.1, -0.05) is 91.0 Å². The molecule has 0 N–H and O–H groups in total. The summed E-state index contributed by atoms with van der Waals surface area (Å²) in [7, 11) is 0. The number of nitrogens with zero attached hydrogens (tertiary/aromatic N) is 3. The van der Waals surface area contributed by atoms with E-state index in [0.29, 0.717) is 5.91 Å². The second-order valence-corrected chi connectivity index (χ2v) is 8.96. The molecule has 5 rings (SSSR count). The topological polar surface area (TPSA) is 26.8 Å². The molecule has 0 radical (unpaired) electrons. The third-order valence-electron chi connectivity index (χ3n) is 6.79. The zero-order chi connectivity index (χ0) is 21.8. The summed E-state index contributed by atoms with van der Waals surface area (Å²) in [6.07, 6.45) is 0. The first-order valence-corrected chi connectivity index (χ1v) is 11.7. The van der Waals surface area contributed by atoms with Crippen LogP contribution >= 0.6 is 0 Å². The molecule has 0 unspecified atom stereocenters. The van der Waals surface area contributed by atoms with Crippen molar-refractivity contribution in [2.75, 3.05) is 39.3 Å². The fraction of sp³-hybridized carbons (Fsp3) is 0.321. The third kappa shape index (κ3) is 4.62. The highest BCUT2D eigenvalue weighted by molar-refractivity contribution is 5.80. The molecule has 3 aromatic carbocycles. The molecule has 0 aliphatic carbocycles. The Labute approximate surface area is 191 Å². The highest BCUT2D eigenvalue weighted by Crippen LogP contribution is 2.34. The molecule has 2 aliphatic heterocycles. The summed E-state index contributed by atoms with van der Waals surface area (Å²) in [6, 6.07) is 32.1. The molecule has 0 atom stereocenters. The first-order chi connectivity index (χ1) is 15.8. The van der Waals surface area contributed by atoms with E-state index in [0.717, 1.165) is 45.8 Å². The van der Waals surface area contributed by atoms with E-state index in [1.807, 2.05) is 0 Å². The number of carbonyl (C=O) groups excluding carboxylic acids is 1. The monoisotopic (exact) mass is 425 g/mol. The quantitative estimate of drug-likeness (QED) is 0.596. The van der Waals surface area contributed by atoms with Crippen LogP contribution in [-0.2, 0) is 11.3 Å². The van der Waals surface area contributed by atoms with Crippen molar-refractivity contribution in [3.8, 4) is 0 Å². The van der Waals surface area contributed by atoms with Gasteiger partial charge in [0.05, 0.1) is 12.0 Å². The number of carbonyl (C=O) groups is 1. The highest BCUT2D eigenvalue weighted by Gasteiger charge is 2.40. The van der Waals surface area contributed by atoms with Gasteiger partial charge < -0.3 is 4.90 Å². The fourth-order valence-corrected chi connectivity index (χ4v) is 4.99. The first-order valence-electron chi connectivity index (χ1n) is 11.7. The van der Waals surface area contributed by atoms with Crippen molar-refractivity contribution in [3.63, 3.8) is 0 Å². The zero-order valence-corrected chi connectivity index (χ0v) is 18.5. The summed E-state index contributed by atoms with van der Waals surface area (Å²) in [5, 5.41) is 0. The number of hydrogen-bond donors (Lipinski definition) is 0. The summed E-state index contributed by atoms with van der Waals surface area (Å²) in [5.74, 6) is 0.450. The van der Waals surface area contributed by atoms with Crippen molar-refractivity contribution in [1.29, 1.82) is 0 Å². The largest absolute Gasteiger partial charge is 0.340 e. The Bertz CT molecular complexity index is 955. The summed E-state index contributed by atoms with van der Waals surface area (Å²) < 4.78 is 0. The third-order valence-corrected chi connectivity index (χ3v) is 6.79. The molecule has 2 heterocycles. The van der Waals surface area contributed by atoms with Crippen LogP contribution in [0.25, 0.3) is 0 Å². The minimum atomic E-state index is 0.116. The summed E-state index contributed by atoms with van der Waals surface area (Å²) >= 11 is 0. The lowest BCUT2D eigenvalue weighted by Crippen LogP contribution is -2.58. The van der Waals surface area contributed by atoms with Gasteiger partial charge in [-0.25, -0.2) is 0 Å². The van der Waals surface area contributed by atoms with Crippen LogP contribution in [0.1, 0.15) is 22.7 Å². The van der Waals surface area contributed by atoms with Crippen LogP contribution in [0.15, 0.2) is 91.0 Å². The molecule has 2 fully saturated rings. The number of benzene rings is 3. The van der Waals surface area contributed by atoms with Crippen molar-refractivity contribution >= 4 is 5.91 Å². The van der Waals surface area contributed by atoms with Crippen LogP contribution in [0.2, 0.25) is 0 Å². The Morgan fingerprint density at radius 2 is 1.22 bits per heavy atom. The first kappa shape index (κ1) is 20.9. The minimum absolute atomic E-state index is 0.116. The number of piperazine rings is 1. The second-order valence-electron chi connectivity index (χ2n) is 8.96. The van der Waals surface area contributed by atoms with Gasteiger partial charge in [0.2, 0.25) is 5.91 Å². The van der Waals surface area contributed by atoms with Gasteiger partial charge in [-0.05, 0) is 16.7 Å². The Morgan fingerprint density at radius 1 is 0.719 bits per heavy atom. The van der Waals surface area contributed by atoms with Crippen LogP contribution < -0.4 is 0 Å². The molecular formula is C28H31N3O. The van der Waals surface area contributed by atoms with Crippen molar-refractivity contribution in [2.24, 2.45) is 5.92 Å². The number of hydrogen-bond acceptors (Lipinski definition) is 3. The van der Waals surface area contributed by atoms with E-state index in [1.165, 1.54) is 16.7 Å². The van der Waals surface area contributed by atoms with Gasteiger partial charge in [0.1, 0.15) is 0 Å². The lowest BCUT2D eigenvalue weighted by atomic mass is 9.89. The average Bonchev–Trinajstić information content (AvgIpc) is 2.83. The van der Waals surface area contributed by atoms with Gasteiger partial charge in [0, 0.05) is 45.8 Å². The van der Waals surface area contributed by atoms with E-state index < -0.39 is 0 Å². The van der Waals surface area contributed by atoms with Gasteiger partial charge in [-0.2, -0.15) is 0 Å². The summed E-state index contributed by atoms with van der Waals surface area (Å²) in [5.41, 5.74) is 3.92. The number of rotatable bonds is 6. The maximum atomic E-state index is 13.2. The number of amides is 1. The standard InChI is InChI=1S/C28H31N3O/c32-28(30-18-16-29(17-19-30)20-23-10-4-1-5-11-23)26-21-31(22-26)27(24-12-6-2-7-13-24)25-14-8-3-9-15-25/h1-15,26-27H,16-22H2. The van der Waals surface area contributed by atoms with Crippen molar-refractivity contribution in [3.05, 3.63) is 108 Å². The highest BCUT2D eigenvalue weighted by atomic mass is 16.2.